The van der Waals surface area contributed by atoms with Gasteiger partial charge in [-0.3, -0.25) is 0 Å². The number of piperidine rings is 1. The molecule has 2 heterocycles. The van der Waals surface area contributed by atoms with E-state index in [0.717, 1.165) is 24.6 Å². The zero-order chi connectivity index (χ0) is 18.4. The summed E-state index contributed by atoms with van der Waals surface area (Å²) in [7, 11) is 0. The summed E-state index contributed by atoms with van der Waals surface area (Å²) in [6, 6.07) is 9.59. The highest BCUT2D eigenvalue weighted by Crippen LogP contribution is 2.20. The first-order chi connectivity index (χ1) is 12.6. The number of hydrogen-bond acceptors (Lipinski definition) is 5. The van der Waals surface area contributed by atoms with Gasteiger partial charge >= 0.3 is 6.09 Å². The van der Waals surface area contributed by atoms with Gasteiger partial charge in [-0.25, -0.2) is 14.2 Å². The van der Waals surface area contributed by atoms with Crippen LogP contribution in [0, 0.1) is 11.7 Å². The highest BCUT2D eigenvalue weighted by Gasteiger charge is 2.24. The van der Waals surface area contributed by atoms with Gasteiger partial charge in [0.2, 0.25) is 5.28 Å². The minimum atomic E-state index is -0.531. The SMILES string of the molecule is O=C(OCc1ccccc1)N1CCC(CNc2nc(Cl)ncc2F)CC1. The highest BCUT2D eigenvalue weighted by atomic mass is 35.5. The van der Waals surface area contributed by atoms with Crippen LogP contribution in [0.3, 0.4) is 0 Å². The molecule has 0 saturated carbocycles. The van der Waals surface area contributed by atoms with Crippen LogP contribution in [0.4, 0.5) is 15.0 Å². The van der Waals surface area contributed by atoms with Gasteiger partial charge in [0, 0.05) is 19.6 Å². The van der Waals surface area contributed by atoms with Gasteiger partial charge < -0.3 is 15.0 Å². The van der Waals surface area contributed by atoms with E-state index < -0.39 is 5.82 Å². The van der Waals surface area contributed by atoms with E-state index in [1.165, 1.54) is 0 Å². The number of hydrogen-bond donors (Lipinski definition) is 1. The van der Waals surface area contributed by atoms with Crippen molar-refractivity contribution in [3.63, 3.8) is 0 Å². The topological polar surface area (TPSA) is 67.3 Å². The lowest BCUT2D eigenvalue weighted by molar-refractivity contribution is 0.0832. The average Bonchev–Trinajstić information content (AvgIpc) is 2.68. The van der Waals surface area contributed by atoms with E-state index in [0.29, 0.717) is 25.6 Å². The van der Waals surface area contributed by atoms with Crippen LogP contribution in [0.15, 0.2) is 36.5 Å². The van der Waals surface area contributed by atoms with Crippen molar-refractivity contribution in [2.24, 2.45) is 5.92 Å². The predicted octanol–water partition coefficient (Wildman–Crippen LogP) is 3.73. The molecule has 1 N–H and O–H groups in total. The van der Waals surface area contributed by atoms with Gasteiger partial charge in [0.15, 0.2) is 11.6 Å². The van der Waals surface area contributed by atoms with Crippen LogP contribution in [0.2, 0.25) is 5.28 Å². The maximum Gasteiger partial charge on any atom is 0.410 e. The molecular formula is C18H20ClFN4O2. The van der Waals surface area contributed by atoms with Crippen LogP contribution in [0.25, 0.3) is 0 Å². The largest absolute Gasteiger partial charge is 0.445 e. The molecule has 3 rings (SSSR count). The molecule has 1 aliphatic rings. The second-order valence-corrected chi connectivity index (χ2v) is 6.53. The number of aromatic nitrogens is 2. The number of likely N-dealkylation sites (tertiary alicyclic amines) is 1. The van der Waals surface area contributed by atoms with Crippen LogP contribution in [-0.4, -0.2) is 40.6 Å². The number of rotatable bonds is 5. The van der Waals surface area contributed by atoms with E-state index in [-0.39, 0.29) is 23.8 Å². The molecule has 26 heavy (non-hydrogen) atoms. The average molecular weight is 379 g/mol. The summed E-state index contributed by atoms with van der Waals surface area (Å²) in [6.07, 6.45) is 2.37. The number of ether oxygens (including phenoxy) is 1. The van der Waals surface area contributed by atoms with Crippen molar-refractivity contribution in [1.29, 1.82) is 0 Å². The molecule has 1 aromatic carbocycles. The third kappa shape index (κ3) is 5.05. The maximum atomic E-state index is 13.6. The zero-order valence-corrected chi connectivity index (χ0v) is 15.0. The van der Waals surface area contributed by atoms with E-state index in [9.17, 15) is 9.18 Å². The van der Waals surface area contributed by atoms with Crippen molar-refractivity contribution < 1.29 is 13.9 Å². The third-order valence-corrected chi connectivity index (χ3v) is 4.53. The summed E-state index contributed by atoms with van der Waals surface area (Å²) in [4.78, 5) is 21.3. The fraction of sp³-hybridized carbons (Fsp3) is 0.389. The Balaban J connectivity index is 1.41. The maximum absolute atomic E-state index is 13.6. The standard InChI is InChI=1S/C18H20ClFN4O2/c19-17-22-11-15(20)16(23-17)21-10-13-6-8-24(9-7-13)18(25)26-12-14-4-2-1-3-5-14/h1-5,11,13H,6-10,12H2,(H,21,22,23). The van der Waals surface area contributed by atoms with E-state index in [1.807, 2.05) is 30.3 Å². The molecule has 8 heteroatoms. The quantitative estimate of drug-likeness (QED) is 0.803. The molecule has 6 nitrogen and oxygen atoms in total. The van der Waals surface area contributed by atoms with Crippen LogP contribution >= 0.6 is 11.6 Å². The summed E-state index contributed by atoms with van der Waals surface area (Å²) in [5, 5.41) is 2.97. The number of carbonyl (C=O) groups excluding carboxylic acids is 1. The van der Waals surface area contributed by atoms with E-state index in [2.05, 4.69) is 15.3 Å². The second-order valence-electron chi connectivity index (χ2n) is 6.19. The molecule has 1 saturated heterocycles. The third-order valence-electron chi connectivity index (χ3n) is 4.35. The lowest BCUT2D eigenvalue weighted by Crippen LogP contribution is -2.40. The molecule has 0 bridgehead atoms. The van der Waals surface area contributed by atoms with Crippen molar-refractivity contribution in [2.75, 3.05) is 25.0 Å². The Hall–Kier alpha value is -2.41. The van der Waals surface area contributed by atoms with Crippen molar-refractivity contribution in [2.45, 2.75) is 19.4 Å². The molecule has 1 aliphatic heterocycles. The number of nitrogens with zero attached hydrogens (tertiary/aromatic N) is 3. The number of amides is 1. The first-order valence-corrected chi connectivity index (χ1v) is 8.87. The van der Waals surface area contributed by atoms with E-state index in [1.54, 1.807) is 4.90 Å². The van der Waals surface area contributed by atoms with Crippen molar-refractivity contribution in [3.05, 3.63) is 53.2 Å². The highest BCUT2D eigenvalue weighted by molar-refractivity contribution is 6.28. The zero-order valence-electron chi connectivity index (χ0n) is 14.2. The molecule has 1 fully saturated rings. The lowest BCUT2D eigenvalue weighted by Gasteiger charge is -2.31. The summed E-state index contributed by atoms with van der Waals surface area (Å²) >= 11 is 5.68. The Labute approximate surface area is 156 Å². The van der Waals surface area contributed by atoms with Gasteiger partial charge in [0.05, 0.1) is 6.20 Å². The predicted molar refractivity (Wildman–Crippen MR) is 96.4 cm³/mol. The number of carbonyl (C=O) groups is 1. The summed E-state index contributed by atoms with van der Waals surface area (Å²) in [6.45, 7) is 2.08. The summed E-state index contributed by atoms with van der Waals surface area (Å²) in [5.41, 5.74) is 0.963. The molecular weight excluding hydrogens is 359 g/mol. The molecule has 2 aromatic rings. The van der Waals surface area contributed by atoms with Crippen molar-refractivity contribution in [3.8, 4) is 0 Å². The number of halogens is 2. The Morgan fingerprint density at radius 2 is 2.04 bits per heavy atom. The van der Waals surface area contributed by atoms with Crippen LogP contribution in [0.5, 0.6) is 0 Å². The van der Waals surface area contributed by atoms with E-state index >= 15 is 0 Å². The molecule has 1 amide bonds. The fourth-order valence-corrected chi connectivity index (χ4v) is 2.97. The van der Waals surface area contributed by atoms with Gasteiger partial charge in [-0.05, 0) is 35.9 Å². The lowest BCUT2D eigenvalue weighted by atomic mass is 9.97. The van der Waals surface area contributed by atoms with Gasteiger partial charge in [-0.15, -0.1) is 0 Å². The molecule has 0 radical (unpaired) electrons. The normalized spacial score (nSPS) is 14.9. The van der Waals surface area contributed by atoms with Crippen LogP contribution in [-0.2, 0) is 11.3 Å². The Kier molecular flexibility index (Phi) is 6.22. The first kappa shape index (κ1) is 18.4. The van der Waals surface area contributed by atoms with E-state index in [4.69, 9.17) is 16.3 Å². The monoisotopic (exact) mass is 378 g/mol. The molecule has 0 atom stereocenters. The number of anilines is 1. The fourth-order valence-electron chi connectivity index (χ4n) is 2.84. The van der Waals surface area contributed by atoms with Gasteiger partial charge in [0.25, 0.3) is 0 Å². The summed E-state index contributed by atoms with van der Waals surface area (Å²) < 4.78 is 19.0. The Morgan fingerprint density at radius 3 is 2.77 bits per heavy atom. The molecule has 0 unspecified atom stereocenters. The second kappa shape index (κ2) is 8.80. The van der Waals surface area contributed by atoms with Crippen molar-refractivity contribution in [1.82, 2.24) is 14.9 Å². The minimum absolute atomic E-state index is 0.00452. The van der Waals surface area contributed by atoms with Gasteiger partial charge in [0.1, 0.15) is 6.61 Å². The smallest absolute Gasteiger partial charge is 0.410 e. The Morgan fingerprint density at radius 1 is 1.31 bits per heavy atom. The molecule has 0 aliphatic carbocycles. The number of nitrogens with one attached hydrogen (secondary N) is 1. The minimum Gasteiger partial charge on any atom is -0.445 e. The summed E-state index contributed by atoms with van der Waals surface area (Å²) in [5.74, 6) is -0.104. The van der Waals surface area contributed by atoms with Crippen LogP contribution < -0.4 is 5.32 Å². The van der Waals surface area contributed by atoms with Crippen LogP contribution in [0.1, 0.15) is 18.4 Å². The van der Waals surface area contributed by atoms with Gasteiger partial charge in [-0.1, -0.05) is 30.3 Å². The molecule has 0 spiro atoms. The molecule has 138 valence electrons. The molecule has 1 aromatic heterocycles. The van der Waals surface area contributed by atoms with Crippen molar-refractivity contribution >= 4 is 23.5 Å². The number of benzene rings is 1. The Bertz CT molecular complexity index is 739. The first-order valence-electron chi connectivity index (χ1n) is 8.49. The van der Waals surface area contributed by atoms with Gasteiger partial charge in [-0.2, -0.15) is 4.98 Å².